The van der Waals surface area contributed by atoms with Crippen molar-refractivity contribution in [3.63, 3.8) is 0 Å². The molecule has 3 saturated heterocycles. The molecule has 3 amide bonds. The number of ether oxygens (including phenoxy) is 1. The summed E-state index contributed by atoms with van der Waals surface area (Å²) in [5.41, 5.74) is -1.01. The average Bonchev–Trinajstić information content (AvgIpc) is 3.32. The number of carbonyl (C=O) groups is 3. The summed E-state index contributed by atoms with van der Waals surface area (Å²) in [7, 11) is 0. The molecule has 3 unspecified atom stereocenters. The van der Waals surface area contributed by atoms with Crippen LogP contribution >= 0.6 is 0 Å². The van der Waals surface area contributed by atoms with Gasteiger partial charge in [-0.3, -0.25) is 14.4 Å². The summed E-state index contributed by atoms with van der Waals surface area (Å²) in [6.07, 6.45) is 1.06. The predicted molar refractivity (Wildman–Crippen MR) is 136 cm³/mol. The van der Waals surface area contributed by atoms with Crippen LogP contribution in [0.2, 0.25) is 0 Å². The van der Waals surface area contributed by atoms with Crippen LogP contribution in [0.1, 0.15) is 59.9 Å². The Morgan fingerprint density at radius 2 is 1.83 bits per heavy atom. The van der Waals surface area contributed by atoms with Crippen LogP contribution in [0.4, 0.5) is 0 Å². The zero-order valence-electron chi connectivity index (χ0n) is 22.3. The maximum absolute atomic E-state index is 14.2. The van der Waals surface area contributed by atoms with Crippen LogP contribution < -0.4 is 10.6 Å². The molecule has 198 valence electrons. The number of likely N-dealkylation sites (tertiary alicyclic amines) is 1. The van der Waals surface area contributed by atoms with Crippen LogP contribution in [0, 0.1) is 23.7 Å². The summed E-state index contributed by atoms with van der Waals surface area (Å²) < 4.78 is 6.72. The van der Waals surface area contributed by atoms with Gasteiger partial charge in [0.15, 0.2) is 0 Å². The number of benzene rings is 1. The molecule has 1 aromatic rings. The highest BCUT2D eigenvalue weighted by Gasteiger charge is 2.80. The third kappa shape index (κ3) is 4.22. The van der Waals surface area contributed by atoms with E-state index in [1.807, 2.05) is 71.9 Å². The molecule has 1 aromatic carbocycles. The second-order valence-corrected chi connectivity index (χ2v) is 11.8. The van der Waals surface area contributed by atoms with Crippen LogP contribution in [0.15, 0.2) is 30.3 Å². The van der Waals surface area contributed by atoms with E-state index in [1.54, 1.807) is 4.90 Å². The third-order valence-electron chi connectivity index (χ3n) is 8.37. The van der Waals surface area contributed by atoms with Gasteiger partial charge in [0.2, 0.25) is 17.7 Å². The Hall–Kier alpha value is -2.45. The van der Waals surface area contributed by atoms with Crippen molar-refractivity contribution < 1.29 is 24.2 Å². The fraction of sp³-hybridized carbons (Fsp3) is 0.679. The molecule has 0 saturated carbocycles. The molecule has 1 spiro atoms. The van der Waals surface area contributed by atoms with Crippen molar-refractivity contribution in [2.24, 2.45) is 23.7 Å². The van der Waals surface area contributed by atoms with Gasteiger partial charge < -0.3 is 25.4 Å². The molecule has 4 rings (SSSR count). The zero-order valence-corrected chi connectivity index (χ0v) is 22.3. The molecule has 8 nitrogen and oxygen atoms in total. The van der Waals surface area contributed by atoms with Crippen molar-refractivity contribution in [2.45, 2.75) is 90.3 Å². The quantitative estimate of drug-likeness (QED) is 0.483. The molecular weight excluding hydrogens is 458 g/mol. The normalized spacial score (nSPS) is 33.8. The predicted octanol–water partition coefficient (Wildman–Crippen LogP) is 2.25. The Bertz CT molecular complexity index is 998. The minimum atomic E-state index is -1.11. The van der Waals surface area contributed by atoms with Crippen molar-refractivity contribution >= 4 is 17.7 Å². The van der Waals surface area contributed by atoms with Gasteiger partial charge in [-0.15, -0.1) is 0 Å². The number of aliphatic hydroxyl groups is 1. The van der Waals surface area contributed by atoms with E-state index in [0.717, 1.165) is 5.56 Å². The van der Waals surface area contributed by atoms with Crippen LogP contribution in [-0.2, 0) is 25.7 Å². The van der Waals surface area contributed by atoms with Crippen molar-refractivity contribution in [1.82, 2.24) is 15.5 Å². The fourth-order valence-electron chi connectivity index (χ4n) is 6.85. The second-order valence-electron chi connectivity index (χ2n) is 11.8. The van der Waals surface area contributed by atoms with E-state index in [-0.39, 0.29) is 42.2 Å². The summed E-state index contributed by atoms with van der Waals surface area (Å²) in [6.45, 7) is 11.8. The largest absolute Gasteiger partial charge is 0.394 e. The summed E-state index contributed by atoms with van der Waals surface area (Å²) in [4.78, 5) is 43.1. The standard InChI is InChI=1S/C28H41N3O5/c1-16(2)12-20(15-32)31-23(25(34)30-17(3)4)28-13-18(5)27(6,36-28)21(22(28)26(31)35)24(33)29-14-19-10-8-7-9-11-19/h7-11,16-18,20-23,32H,12-15H2,1-6H3,(H,29,33)(H,30,34)/t18?,20-,21+,22+,23?,27-,28?/m1/s1. The molecule has 0 aromatic heterocycles. The van der Waals surface area contributed by atoms with E-state index in [0.29, 0.717) is 19.4 Å². The number of nitrogens with zero attached hydrogens (tertiary/aromatic N) is 1. The lowest BCUT2D eigenvalue weighted by Crippen LogP contribution is -2.59. The first-order chi connectivity index (χ1) is 17.0. The van der Waals surface area contributed by atoms with E-state index in [4.69, 9.17) is 4.74 Å². The molecular formula is C28H41N3O5. The molecule has 3 aliphatic rings. The number of carbonyl (C=O) groups excluding carboxylic acids is 3. The van der Waals surface area contributed by atoms with E-state index < -0.39 is 35.1 Å². The molecule has 7 atom stereocenters. The van der Waals surface area contributed by atoms with Crippen LogP contribution in [-0.4, -0.2) is 63.7 Å². The lowest BCUT2D eigenvalue weighted by Gasteiger charge is -2.37. The van der Waals surface area contributed by atoms with Crippen LogP contribution in [0.5, 0.6) is 0 Å². The maximum atomic E-state index is 14.2. The molecule has 3 aliphatic heterocycles. The van der Waals surface area contributed by atoms with E-state index in [2.05, 4.69) is 10.6 Å². The van der Waals surface area contributed by atoms with Crippen molar-refractivity contribution in [3.8, 4) is 0 Å². The van der Waals surface area contributed by atoms with Gasteiger partial charge in [-0.2, -0.15) is 0 Å². The number of hydrogen-bond donors (Lipinski definition) is 3. The molecule has 3 heterocycles. The monoisotopic (exact) mass is 499 g/mol. The Morgan fingerprint density at radius 1 is 1.17 bits per heavy atom. The highest BCUT2D eigenvalue weighted by molar-refractivity contribution is 5.99. The first-order valence-corrected chi connectivity index (χ1v) is 13.2. The summed E-state index contributed by atoms with van der Waals surface area (Å²) in [5, 5.41) is 16.3. The Kier molecular flexibility index (Phi) is 7.23. The number of aliphatic hydroxyl groups excluding tert-OH is 1. The Labute approximate surface area is 214 Å². The second kappa shape index (κ2) is 9.78. The average molecular weight is 500 g/mol. The smallest absolute Gasteiger partial charge is 0.246 e. The number of fused-ring (bicyclic) bond motifs is 1. The lowest BCUT2D eigenvalue weighted by atomic mass is 9.62. The van der Waals surface area contributed by atoms with Crippen molar-refractivity contribution in [1.29, 1.82) is 0 Å². The van der Waals surface area contributed by atoms with Gasteiger partial charge in [-0.05, 0) is 51.0 Å². The van der Waals surface area contributed by atoms with Gasteiger partial charge in [-0.25, -0.2) is 0 Å². The summed E-state index contributed by atoms with van der Waals surface area (Å²) in [6, 6.07) is 8.08. The number of rotatable bonds is 9. The molecule has 8 heteroatoms. The topological polar surface area (TPSA) is 108 Å². The van der Waals surface area contributed by atoms with Gasteiger partial charge in [0.1, 0.15) is 11.6 Å². The van der Waals surface area contributed by atoms with E-state index in [9.17, 15) is 19.5 Å². The number of nitrogens with one attached hydrogen (secondary N) is 2. The zero-order chi connectivity index (χ0) is 26.4. The van der Waals surface area contributed by atoms with Gasteiger partial charge in [0.05, 0.1) is 30.1 Å². The molecule has 36 heavy (non-hydrogen) atoms. The molecule has 0 aliphatic carbocycles. The molecule has 2 bridgehead atoms. The SMILES string of the molecule is CC(C)C[C@H](CO)N1C(=O)[C@@H]2[C@@H](C(=O)NCc3ccccc3)[C@]3(C)OC2(CC3C)C1C(=O)NC(C)C. The number of hydrogen-bond acceptors (Lipinski definition) is 5. The minimum Gasteiger partial charge on any atom is -0.394 e. The van der Waals surface area contributed by atoms with E-state index >= 15 is 0 Å². The highest BCUT2D eigenvalue weighted by atomic mass is 16.5. The first kappa shape index (κ1) is 26.6. The minimum absolute atomic E-state index is 0.0269. The van der Waals surface area contributed by atoms with Gasteiger partial charge >= 0.3 is 0 Å². The highest BCUT2D eigenvalue weighted by Crippen LogP contribution is 2.65. The van der Waals surface area contributed by atoms with Gasteiger partial charge in [0, 0.05) is 12.6 Å². The molecule has 3 N–H and O–H groups in total. The Morgan fingerprint density at radius 3 is 2.42 bits per heavy atom. The third-order valence-corrected chi connectivity index (χ3v) is 8.37. The molecule has 0 radical (unpaired) electrons. The van der Waals surface area contributed by atoms with Gasteiger partial charge in [-0.1, -0.05) is 51.1 Å². The van der Waals surface area contributed by atoms with Crippen molar-refractivity contribution in [2.75, 3.05) is 6.61 Å². The first-order valence-electron chi connectivity index (χ1n) is 13.2. The van der Waals surface area contributed by atoms with E-state index in [1.165, 1.54) is 0 Å². The summed E-state index contributed by atoms with van der Waals surface area (Å²) >= 11 is 0. The maximum Gasteiger partial charge on any atom is 0.246 e. The number of amides is 3. The van der Waals surface area contributed by atoms with Crippen LogP contribution in [0.25, 0.3) is 0 Å². The van der Waals surface area contributed by atoms with Crippen LogP contribution in [0.3, 0.4) is 0 Å². The Balaban J connectivity index is 1.73. The molecule has 3 fully saturated rings. The van der Waals surface area contributed by atoms with Crippen molar-refractivity contribution in [3.05, 3.63) is 35.9 Å². The fourth-order valence-corrected chi connectivity index (χ4v) is 6.85. The summed E-state index contributed by atoms with van der Waals surface area (Å²) in [5.74, 6) is -2.11. The lowest BCUT2D eigenvalue weighted by molar-refractivity contribution is -0.151. The van der Waals surface area contributed by atoms with Gasteiger partial charge in [0.25, 0.3) is 0 Å².